The summed E-state index contributed by atoms with van der Waals surface area (Å²) in [5.41, 5.74) is 10.2. The molecule has 0 saturated carbocycles. The molecule has 0 spiro atoms. The van der Waals surface area contributed by atoms with Gasteiger partial charge in [0.25, 0.3) is 11.8 Å². The van der Waals surface area contributed by atoms with Gasteiger partial charge in [-0.15, -0.1) is 0 Å². The molecule has 5 nitrogen and oxygen atoms in total. The third-order valence-electron chi connectivity index (χ3n) is 7.79. The molecule has 3 rings (SSSR count). The van der Waals surface area contributed by atoms with Gasteiger partial charge < -0.3 is 16.0 Å². The summed E-state index contributed by atoms with van der Waals surface area (Å²) in [4.78, 5) is 27.3. The number of carbonyl (C=O) groups is 2. The van der Waals surface area contributed by atoms with Gasteiger partial charge in [-0.2, -0.15) is 0 Å². The van der Waals surface area contributed by atoms with Gasteiger partial charge in [0.2, 0.25) is 0 Å². The van der Waals surface area contributed by atoms with Gasteiger partial charge in [0.15, 0.2) is 0 Å². The van der Waals surface area contributed by atoms with E-state index in [-0.39, 0.29) is 61.7 Å². The summed E-state index contributed by atoms with van der Waals surface area (Å²) in [5, 5.41) is 9.85. The molecule has 6 heteroatoms. The van der Waals surface area contributed by atoms with E-state index in [1.807, 2.05) is 38.1 Å². The van der Waals surface area contributed by atoms with E-state index in [0.717, 1.165) is 61.7 Å². The number of amides is 2. The van der Waals surface area contributed by atoms with Crippen LogP contribution in [-0.2, 0) is 26.2 Å². The molecule has 2 aromatic rings. The standard InChI is InChI=1S/C36H49N3O2.Zr/c1-20(2)27-14-12-15-28(21(3)4)33(27)35(40)37-25(10)31-18-24(9)19-32(39-31)26(11)38-36(41)34-29(22(5)6)16-13-17-30(34)23(7)8;/h12-18,20-23,39H,19H2,1-11H3,(H,37,40)(H,38,41);. The summed E-state index contributed by atoms with van der Waals surface area (Å²) in [7, 11) is 0. The summed E-state index contributed by atoms with van der Waals surface area (Å²) in [6, 6.07) is 12.3. The molecular weight excluding hydrogens is 598 g/mol. The number of allylic oxidation sites excluding steroid dienone is 4. The fourth-order valence-corrected chi connectivity index (χ4v) is 5.48. The first kappa shape index (κ1) is 35.5. The second kappa shape index (κ2) is 15.1. The Morgan fingerprint density at radius 3 is 1.38 bits per heavy atom. The van der Waals surface area contributed by atoms with Gasteiger partial charge >= 0.3 is 0 Å². The molecule has 2 aromatic carbocycles. The van der Waals surface area contributed by atoms with Crippen LogP contribution >= 0.6 is 0 Å². The van der Waals surface area contributed by atoms with E-state index >= 15 is 0 Å². The van der Waals surface area contributed by atoms with Gasteiger partial charge in [0, 0.05) is 60.8 Å². The van der Waals surface area contributed by atoms with Crippen molar-refractivity contribution in [1.82, 2.24) is 16.0 Å². The number of nitrogens with one attached hydrogen (secondary N) is 3. The SMILES string of the molecule is CC1=CC(=C(C)NC(=O)c2c(C(C)C)cccc2C(C)C)NC(=C(C)NC(=O)c2c(C(C)C)cccc2C(C)C)C1.[Zr]. The Morgan fingerprint density at radius 2 is 1.02 bits per heavy atom. The average Bonchev–Trinajstić information content (AvgIpc) is 2.91. The number of hydrogen-bond donors (Lipinski definition) is 3. The molecule has 0 aliphatic carbocycles. The molecule has 0 atom stereocenters. The maximum absolute atomic E-state index is 13.7. The van der Waals surface area contributed by atoms with Crippen molar-refractivity contribution < 1.29 is 35.8 Å². The second-order valence-corrected chi connectivity index (χ2v) is 12.6. The van der Waals surface area contributed by atoms with Crippen molar-refractivity contribution in [1.29, 1.82) is 0 Å². The van der Waals surface area contributed by atoms with Crippen molar-refractivity contribution in [2.75, 3.05) is 0 Å². The minimum atomic E-state index is -0.0940. The summed E-state index contributed by atoms with van der Waals surface area (Å²) < 4.78 is 0. The zero-order valence-corrected chi connectivity index (χ0v) is 29.8. The summed E-state index contributed by atoms with van der Waals surface area (Å²) in [6.45, 7) is 22.9. The Labute approximate surface area is 272 Å². The van der Waals surface area contributed by atoms with E-state index in [2.05, 4.69) is 96.5 Å². The summed E-state index contributed by atoms with van der Waals surface area (Å²) in [5.74, 6) is 0.754. The quantitative estimate of drug-likeness (QED) is 0.269. The van der Waals surface area contributed by atoms with E-state index < -0.39 is 0 Å². The Bertz CT molecular complexity index is 1360. The van der Waals surface area contributed by atoms with Crippen molar-refractivity contribution >= 4 is 11.8 Å². The molecule has 0 saturated heterocycles. The zero-order valence-electron chi connectivity index (χ0n) is 27.4. The van der Waals surface area contributed by atoms with Crippen LogP contribution in [0.5, 0.6) is 0 Å². The Morgan fingerprint density at radius 1 is 0.667 bits per heavy atom. The first-order chi connectivity index (χ1) is 19.2. The van der Waals surface area contributed by atoms with E-state index in [1.54, 1.807) is 0 Å². The molecule has 2 amide bonds. The normalized spacial score (nSPS) is 15.7. The molecule has 1 aliphatic heterocycles. The molecule has 0 bridgehead atoms. The number of rotatable bonds is 8. The van der Waals surface area contributed by atoms with Crippen LogP contribution in [0, 0.1) is 0 Å². The first-order valence-corrected chi connectivity index (χ1v) is 15.0. The largest absolute Gasteiger partial charge is 0.356 e. The van der Waals surface area contributed by atoms with Crippen molar-refractivity contribution in [2.45, 2.75) is 106 Å². The predicted molar refractivity (Wildman–Crippen MR) is 171 cm³/mol. The average molecular weight is 647 g/mol. The van der Waals surface area contributed by atoms with Crippen LogP contribution in [0.15, 0.2) is 70.8 Å². The van der Waals surface area contributed by atoms with Crippen molar-refractivity contribution in [2.24, 2.45) is 0 Å². The van der Waals surface area contributed by atoms with Crippen LogP contribution in [0.25, 0.3) is 0 Å². The Balaban J connectivity index is 0.00000616. The van der Waals surface area contributed by atoms with Crippen LogP contribution in [-0.4, -0.2) is 11.8 Å². The molecule has 42 heavy (non-hydrogen) atoms. The van der Waals surface area contributed by atoms with Crippen molar-refractivity contribution in [3.63, 3.8) is 0 Å². The molecule has 0 radical (unpaired) electrons. The fourth-order valence-electron chi connectivity index (χ4n) is 5.48. The molecule has 224 valence electrons. The van der Waals surface area contributed by atoms with Gasteiger partial charge in [-0.3, -0.25) is 9.59 Å². The van der Waals surface area contributed by atoms with Gasteiger partial charge in [0.05, 0.1) is 5.70 Å². The molecule has 1 aliphatic rings. The molecule has 1 heterocycles. The van der Waals surface area contributed by atoms with Gasteiger partial charge in [-0.25, -0.2) is 0 Å². The zero-order chi connectivity index (χ0) is 30.6. The van der Waals surface area contributed by atoms with Crippen LogP contribution in [0.1, 0.15) is 149 Å². The predicted octanol–water partition coefficient (Wildman–Crippen LogP) is 8.74. The van der Waals surface area contributed by atoms with E-state index in [1.165, 1.54) is 0 Å². The second-order valence-electron chi connectivity index (χ2n) is 12.6. The summed E-state index contributed by atoms with van der Waals surface area (Å²) in [6.07, 6.45) is 2.75. The monoisotopic (exact) mass is 645 g/mol. The molecular formula is C36H49N3O2Zr. The van der Waals surface area contributed by atoms with Crippen LogP contribution in [0.3, 0.4) is 0 Å². The first-order valence-electron chi connectivity index (χ1n) is 15.0. The molecule has 0 aromatic heterocycles. The summed E-state index contributed by atoms with van der Waals surface area (Å²) >= 11 is 0. The third kappa shape index (κ3) is 8.22. The molecule has 3 N–H and O–H groups in total. The smallest absolute Gasteiger partial charge is 0.256 e. The minimum absolute atomic E-state index is 0. The molecule has 0 fully saturated rings. The molecule has 0 unspecified atom stereocenters. The maximum Gasteiger partial charge on any atom is 0.256 e. The maximum atomic E-state index is 13.7. The number of carbonyl (C=O) groups excluding carboxylic acids is 2. The Kier molecular flexibility index (Phi) is 12.8. The van der Waals surface area contributed by atoms with E-state index in [4.69, 9.17) is 0 Å². The fraction of sp³-hybridized carbons (Fsp3) is 0.444. The number of benzene rings is 2. The van der Waals surface area contributed by atoms with Crippen LogP contribution in [0.2, 0.25) is 0 Å². The van der Waals surface area contributed by atoms with E-state index in [9.17, 15) is 9.59 Å². The van der Waals surface area contributed by atoms with Crippen molar-refractivity contribution in [3.8, 4) is 0 Å². The van der Waals surface area contributed by atoms with Crippen LogP contribution in [0.4, 0.5) is 0 Å². The Hall–Kier alpha value is -2.72. The minimum Gasteiger partial charge on any atom is -0.356 e. The van der Waals surface area contributed by atoms with Gasteiger partial charge in [-0.05, 0) is 72.8 Å². The third-order valence-corrected chi connectivity index (χ3v) is 7.79. The van der Waals surface area contributed by atoms with Gasteiger partial charge in [0.1, 0.15) is 0 Å². The van der Waals surface area contributed by atoms with Crippen LogP contribution < -0.4 is 16.0 Å². The van der Waals surface area contributed by atoms with Gasteiger partial charge in [-0.1, -0.05) is 97.4 Å². The topological polar surface area (TPSA) is 70.2 Å². The number of hydrogen-bond acceptors (Lipinski definition) is 3. The van der Waals surface area contributed by atoms with Crippen molar-refractivity contribution in [3.05, 3.63) is 104 Å². The van der Waals surface area contributed by atoms with E-state index in [0.29, 0.717) is 6.42 Å².